The molecule has 4 nitrogen and oxygen atoms in total. The maximum absolute atomic E-state index is 3.65. The summed E-state index contributed by atoms with van der Waals surface area (Å²) in [5.41, 5.74) is 0. The van der Waals surface area contributed by atoms with Crippen molar-refractivity contribution in [3.63, 3.8) is 0 Å². The largest absolute Gasteiger partial charge is 0.316 e. The molecule has 0 radical (unpaired) electrons. The van der Waals surface area contributed by atoms with Crippen LogP contribution in [-0.4, -0.2) is 74.2 Å². The van der Waals surface area contributed by atoms with Gasteiger partial charge in [-0.05, 0) is 70.0 Å². The Kier molecular flexibility index (Phi) is 13.6. The van der Waals surface area contributed by atoms with Crippen LogP contribution in [0.4, 0.5) is 0 Å². The summed E-state index contributed by atoms with van der Waals surface area (Å²) in [5, 5.41) is 7.14. The molecule has 1 saturated heterocycles. The normalized spacial score (nSPS) is 22.2. The Balaban J connectivity index is 0.000000214. The minimum atomic E-state index is 0.779. The van der Waals surface area contributed by atoms with Gasteiger partial charge in [-0.15, -0.1) is 0 Å². The molecular formula is C26H54N4. The van der Waals surface area contributed by atoms with Crippen molar-refractivity contribution in [1.29, 1.82) is 0 Å². The molecule has 2 N–H and O–H groups in total. The van der Waals surface area contributed by atoms with Gasteiger partial charge in [0.1, 0.15) is 0 Å². The molecule has 178 valence electrons. The first-order valence-electron chi connectivity index (χ1n) is 13.4. The van der Waals surface area contributed by atoms with E-state index in [9.17, 15) is 0 Å². The second-order valence-corrected chi connectivity index (χ2v) is 10.9. The number of nitrogens with one attached hydrogen (secondary N) is 2. The van der Waals surface area contributed by atoms with Crippen molar-refractivity contribution in [2.24, 2.45) is 11.8 Å². The Morgan fingerprint density at radius 3 is 1.93 bits per heavy atom. The summed E-state index contributed by atoms with van der Waals surface area (Å²) in [6.07, 6.45) is 14.2. The third-order valence-corrected chi connectivity index (χ3v) is 6.99. The van der Waals surface area contributed by atoms with Crippen LogP contribution in [0.1, 0.15) is 91.9 Å². The van der Waals surface area contributed by atoms with Crippen molar-refractivity contribution >= 4 is 0 Å². The Morgan fingerprint density at radius 2 is 1.33 bits per heavy atom. The summed E-state index contributed by atoms with van der Waals surface area (Å²) in [6.45, 7) is 19.3. The van der Waals surface area contributed by atoms with Crippen LogP contribution in [0.5, 0.6) is 0 Å². The fourth-order valence-electron chi connectivity index (χ4n) is 5.30. The van der Waals surface area contributed by atoms with E-state index in [2.05, 4.69) is 48.1 Å². The minimum Gasteiger partial charge on any atom is -0.316 e. The standard InChI is InChI=1S/C13H26N2.C13H28N2/c1-12(2)11-14-7-9-15(10-8-14)13-5-3-4-6-13;1-12(2)11-14-9-5-6-10-15-13-7-3-4-8-13/h12-13H,3-11H2,1-2H3;12-15H,3-11H2,1-2H3. The average molecular weight is 423 g/mol. The van der Waals surface area contributed by atoms with Gasteiger partial charge < -0.3 is 15.5 Å². The van der Waals surface area contributed by atoms with Crippen molar-refractivity contribution in [3.8, 4) is 0 Å². The highest BCUT2D eigenvalue weighted by molar-refractivity contribution is 4.82. The molecule has 3 rings (SSSR count). The van der Waals surface area contributed by atoms with E-state index in [4.69, 9.17) is 0 Å². The van der Waals surface area contributed by atoms with Crippen molar-refractivity contribution in [1.82, 2.24) is 20.4 Å². The maximum Gasteiger partial charge on any atom is 0.0113 e. The lowest BCUT2D eigenvalue weighted by atomic mass is 10.1. The van der Waals surface area contributed by atoms with E-state index >= 15 is 0 Å². The monoisotopic (exact) mass is 422 g/mol. The fraction of sp³-hybridized carbons (Fsp3) is 1.00. The first kappa shape index (κ1) is 26.1. The third kappa shape index (κ3) is 11.5. The summed E-state index contributed by atoms with van der Waals surface area (Å²) in [7, 11) is 0. The maximum atomic E-state index is 3.65. The van der Waals surface area contributed by atoms with Crippen LogP contribution in [0.2, 0.25) is 0 Å². The number of hydrogen-bond donors (Lipinski definition) is 2. The van der Waals surface area contributed by atoms with Gasteiger partial charge >= 0.3 is 0 Å². The molecule has 0 aromatic carbocycles. The molecule has 0 spiro atoms. The number of rotatable bonds is 11. The van der Waals surface area contributed by atoms with Crippen molar-refractivity contribution in [2.75, 3.05) is 52.4 Å². The van der Waals surface area contributed by atoms with Gasteiger partial charge in [-0.2, -0.15) is 0 Å². The lowest BCUT2D eigenvalue weighted by Gasteiger charge is -2.38. The van der Waals surface area contributed by atoms with Gasteiger partial charge in [0.15, 0.2) is 0 Å². The predicted octanol–water partition coefficient (Wildman–Crippen LogP) is 4.75. The molecule has 1 aliphatic heterocycles. The summed E-state index contributed by atoms with van der Waals surface area (Å²) < 4.78 is 0. The molecule has 2 aliphatic carbocycles. The van der Waals surface area contributed by atoms with Crippen LogP contribution in [0, 0.1) is 11.8 Å². The molecule has 0 aromatic rings. The number of unbranched alkanes of at least 4 members (excludes halogenated alkanes) is 1. The summed E-state index contributed by atoms with van der Waals surface area (Å²) in [5.74, 6) is 1.60. The summed E-state index contributed by atoms with van der Waals surface area (Å²) >= 11 is 0. The van der Waals surface area contributed by atoms with E-state index in [1.165, 1.54) is 110 Å². The first-order valence-corrected chi connectivity index (χ1v) is 13.4. The number of piperazine rings is 1. The Bertz CT molecular complexity index is 392. The smallest absolute Gasteiger partial charge is 0.0113 e. The SMILES string of the molecule is CC(C)CN1CCN(C2CCCC2)CC1.CC(C)CNCCCCNC1CCCC1. The Hall–Kier alpha value is -0.160. The first-order chi connectivity index (χ1) is 14.5. The van der Waals surface area contributed by atoms with Gasteiger partial charge in [0.2, 0.25) is 0 Å². The second kappa shape index (κ2) is 15.6. The number of nitrogens with zero attached hydrogens (tertiary/aromatic N) is 2. The number of hydrogen-bond acceptors (Lipinski definition) is 4. The molecule has 0 atom stereocenters. The summed E-state index contributed by atoms with van der Waals surface area (Å²) in [4.78, 5) is 5.37. The summed E-state index contributed by atoms with van der Waals surface area (Å²) in [6, 6.07) is 1.78. The van der Waals surface area contributed by atoms with Crippen LogP contribution in [-0.2, 0) is 0 Å². The fourth-order valence-corrected chi connectivity index (χ4v) is 5.30. The predicted molar refractivity (Wildman–Crippen MR) is 132 cm³/mol. The molecule has 0 unspecified atom stereocenters. The van der Waals surface area contributed by atoms with Crippen LogP contribution < -0.4 is 10.6 Å². The van der Waals surface area contributed by atoms with Gasteiger partial charge in [-0.1, -0.05) is 53.4 Å². The Labute approximate surface area is 188 Å². The average Bonchev–Trinajstić information content (AvgIpc) is 3.42. The molecule has 2 saturated carbocycles. The van der Waals surface area contributed by atoms with Crippen LogP contribution in [0.3, 0.4) is 0 Å². The second-order valence-electron chi connectivity index (χ2n) is 10.9. The molecule has 1 heterocycles. The van der Waals surface area contributed by atoms with Crippen LogP contribution >= 0.6 is 0 Å². The van der Waals surface area contributed by atoms with Gasteiger partial charge in [-0.3, -0.25) is 4.90 Å². The lowest BCUT2D eigenvalue weighted by molar-refractivity contribution is 0.0908. The highest BCUT2D eigenvalue weighted by Crippen LogP contribution is 2.24. The van der Waals surface area contributed by atoms with E-state index in [0.29, 0.717) is 0 Å². The molecule has 0 bridgehead atoms. The Morgan fingerprint density at radius 1 is 0.733 bits per heavy atom. The molecule has 0 amide bonds. The lowest BCUT2D eigenvalue weighted by Crippen LogP contribution is -2.50. The zero-order valence-electron chi connectivity index (χ0n) is 20.9. The van der Waals surface area contributed by atoms with Gasteiger partial charge in [-0.25, -0.2) is 0 Å². The topological polar surface area (TPSA) is 30.5 Å². The zero-order chi connectivity index (χ0) is 21.6. The van der Waals surface area contributed by atoms with E-state index < -0.39 is 0 Å². The van der Waals surface area contributed by atoms with E-state index in [-0.39, 0.29) is 0 Å². The molecule has 4 heteroatoms. The third-order valence-electron chi connectivity index (χ3n) is 6.99. The van der Waals surface area contributed by atoms with E-state index in [1.807, 2.05) is 0 Å². The molecule has 0 aromatic heterocycles. The van der Waals surface area contributed by atoms with E-state index in [0.717, 1.165) is 30.5 Å². The zero-order valence-corrected chi connectivity index (χ0v) is 20.9. The van der Waals surface area contributed by atoms with Crippen LogP contribution in [0.15, 0.2) is 0 Å². The minimum absolute atomic E-state index is 0.779. The van der Waals surface area contributed by atoms with Gasteiger partial charge in [0, 0.05) is 44.8 Å². The highest BCUT2D eigenvalue weighted by Gasteiger charge is 2.25. The van der Waals surface area contributed by atoms with E-state index in [1.54, 1.807) is 0 Å². The molecule has 30 heavy (non-hydrogen) atoms. The highest BCUT2D eigenvalue weighted by atomic mass is 15.3. The van der Waals surface area contributed by atoms with Crippen LogP contribution in [0.25, 0.3) is 0 Å². The molecule has 3 fully saturated rings. The molecular weight excluding hydrogens is 368 g/mol. The van der Waals surface area contributed by atoms with Gasteiger partial charge in [0.25, 0.3) is 0 Å². The van der Waals surface area contributed by atoms with Crippen molar-refractivity contribution in [2.45, 2.75) is 104 Å². The van der Waals surface area contributed by atoms with Crippen molar-refractivity contribution < 1.29 is 0 Å². The van der Waals surface area contributed by atoms with Crippen molar-refractivity contribution in [3.05, 3.63) is 0 Å². The van der Waals surface area contributed by atoms with Gasteiger partial charge in [0.05, 0.1) is 0 Å². The molecule has 3 aliphatic rings. The quantitative estimate of drug-likeness (QED) is 0.471.